The molecule has 4 heterocycles. The van der Waals surface area contributed by atoms with Crippen molar-refractivity contribution in [1.29, 1.82) is 0 Å². The summed E-state index contributed by atoms with van der Waals surface area (Å²) in [4.78, 5) is 53.1. The number of aliphatic hydroxyl groups is 10. The van der Waals surface area contributed by atoms with Crippen molar-refractivity contribution in [2.75, 3.05) is 33.0 Å². The second-order valence-electron chi connectivity index (χ2n) is 18.4. The van der Waals surface area contributed by atoms with Crippen molar-refractivity contribution in [3.8, 4) is 17.2 Å². The fourth-order valence-corrected chi connectivity index (χ4v) is 8.72. The molecule has 0 amide bonds. The number of ether oxygens (including phenoxy) is 11. The Labute approximate surface area is 447 Å². The predicted molar refractivity (Wildman–Crippen MR) is 257 cm³/mol. The van der Waals surface area contributed by atoms with Gasteiger partial charge in [-0.1, -0.05) is 36.4 Å². The van der Waals surface area contributed by atoms with Crippen LogP contribution in [0.2, 0.25) is 0 Å². The lowest BCUT2D eigenvalue weighted by atomic mass is 9.95. The first-order valence-corrected chi connectivity index (χ1v) is 24.3. The molecular formula is C51H60O28. The van der Waals surface area contributed by atoms with Crippen LogP contribution in [-0.2, 0) is 66.5 Å². The van der Waals surface area contributed by atoms with Gasteiger partial charge >= 0.3 is 23.9 Å². The summed E-state index contributed by atoms with van der Waals surface area (Å²) in [6, 6.07) is 16.1. The van der Waals surface area contributed by atoms with Crippen LogP contribution >= 0.6 is 0 Å². The van der Waals surface area contributed by atoms with Crippen LogP contribution in [0.3, 0.4) is 0 Å². The first-order valence-electron chi connectivity index (χ1n) is 24.3. The fourth-order valence-electron chi connectivity index (χ4n) is 8.72. The molecule has 7 rings (SSSR count). The van der Waals surface area contributed by atoms with E-state index in [1.807, 2.05) is 0 Å². The molecule has 4 aliphatic rings. The lowest BCUT2D eigenvalue weighted by Gasteiger charge is -2.50. The van der Waals surface area contributed by atoms with E-state index in [0.29, 0.717) is 5.56 Å². The maximum absolute atomic E-state index is 13.9. The van der Waals surface area contributed by atoms with Crippen molar-refractivity contribution in [2.24, 2.45) is 0 Å². The van der Waals surface area contributed by atoms with Gasteiger partial charge in [-0.3, -0.25) is 4.79 Å². The van der Waals surface area contributed by atoms with Crippen LogP contribution in [0.15, 0.2) is 84.9 Å². The first-order chi connectivity index (χ1) is 37.7. The number of benzene rings is 3. The van der Waals surface area contributed by atoms with Gasteiger partial charge in [0, 0.05) is 19.1 Å². The van der Waals surface area contributed by atoms with E-state index >= 15 is 0 Å². The van der Waals surface area contributed by atoms with Crippen molar-refractivity contribution in [3.05, 3.63) is 102 Å². The van der Waals surface area contributed by atoms with E-state index in [9.17, 15) is 85.6 Å². The predicted octanol–water partition coefficient (Wildman–Crippen LogP) is -3.67. The molecule has 3 aromatic carbocycles. The van der Waals surface area contributed by atoms with Crippen LogP contribution in [0, 0.1) is 0 Å². The third-order valence-corrected chi connectivity index (χ3v) is 12.9. The molecule has 19 atom stereocenters. The highest BCUT2D eigenvalue weighted by Gasteiger charge is 2.64. The molecule has 0 spiro atoms. The zero-order valence-corrected chi connectivity index (χ0v) is 41.6. The number of phenols is 3. The van der Waals surface area contributed by atoms with E-state index < -0.39 is 185 Å². The fraction of sp³-hybridized carbons (Fsp3) is 0.490. The number of hydrogen-bond donors (Lipinski definition) is 13. The third kappa shape index (κ3) is 14.4. The molecule has 3 aromatic rings. The Bertz CT molecular complexity index is 2580. The molecule has 4 fully saturated rings. The summed E-state index contributed by atoms with van der Waals surface area (Å²) in [7, 11) is 0. The second-order valence-corrected chi connectivity index (χ2v) is 18.4. The van der Waals surface area contributed by atoms with E-state index in [2.05, 4.69) is 0 Å². The lowest BCUT2D eigenvalue weighted by molar-refractivity contribution is -0.421. The molecule has 0 aromatic heterocycles. The minimum absolute atomic E-state index is 0.110. The van der Waals surface area contributed by atoms with Crippen LogP contribution < -0.4 is 0 Å². The van der Waals surface area contributed by atoms with Gasteiger partial charge in [0.25, 0.3) is 0 Å². The minimum Gasteiger partial charge on any atom is -0.508 e. The van der Waals surface area contributed by atoms with E-state index in [-0.39, 0.29) is 16.9 Å². The normalized spacial score (nSPS) is 34.8. The van der Waals surface area contributed by atoms with Gasteiger partial charge in [0.1, 0.15) is 98.3 Å². The summed E-state index contributed by atoms with van der Waals surface area (Å²) >= 11 is 0. The molecule has 0 saturated carbocycles. The van der Waals surface area contributed by atoms with Gasteiger partial charge in [0.15, 0.2) is 42.6 Å². The molecule has 79 heavy (non-hydrogen) atoms. The zero-order valence-electron chi connectivity index (χ0n) is 41.6. The number of phenolic OH excluding ortho intramolecular Hbond substituents is 3. The van der Waals surface area contributed by atoms with Crippen molar-refractivity contribution in [2.45, 2.75) is 123 Å². The SMILES string of the molecule is CC(=O)OC[C@@H]1O[C@@H](O[C@@H]2[C@@H](O[C@@H]3O[C@@H](CO)[C@@H](O)[C@H](O)[C@H]3O)[C@@H](O[C@]3(COC(=O)/C=C\c4ccc(O)c(O)c4)O[C@H](CO)[C@@H](O)[C@@H]3OC(=O)c3ccccc3)O[C@H](CO)[C@H]2OC(=O)/C=C\c2ccc(O)cc2)[C@H](O)[C@@H](O)[C@@H]1O. The molecule has 432 valence electrons. The standard InChI is InChI=1S/C51H60O28/c1-23(55)69-21-33-37(62)40(65)42(67)49(73-33)75-44-43(74-35(60)16-10-24-7-12-27(56)13-8-24)32(20-54)72-50(45(44)76-48-41(66)39(64)36(61)30(18-52)71-48)79-51(22-70-34(59)15-11-25-9-14-28(57)29(58)17-25)46(38(63)31(19-53)78-51)77-47(68)26-5-3-2-4-6-26/h2-17,30-33,36-46,48-50,52-54,56-58,61-67H,18-22H2,1H3/b15-11-,16-10-/t30-,31+,32+,33-,36+,37+,38+,39-,40-,41+,42+,43+,44-,45+,46-,48-,49-,50+,51-/m0/s1. The van der Waals surface area contributed by atoms with E-state index in [1.54, 1.807) is 6.07 Å². The Hall–Kier alpha value is -6.26. The molecule has 0 bridgehead atoms. The van der Waals surface area contributed by atoms with Gasteiger partial charge in [-0.25, -0.2) is 14.4 Å². The Morgan fingerprint density at radius 1 is 0.557 bits per heavy atom. The quantitative estimate of drug-likeness (QED) is 0.0224. The number of carbonyl (C=O) groups is 4. The molecule has 0 unspecified atom stereocenters. The molecule has 4 saturated heterocycles. The summed E-state index contributed by atoms with van der Waals surface area (Å²) in [5, 5.41) is 140. The van der Waals surface area contributed by atoms with Gasteiger partial charge in [0.05, 0.1) is 25.4 Å². The van der Waals surface area contributed by atoms with Crippen molar-refractivity contribution >= 4 is 36.0 Å². The topological polar surface area (TPSA) is 433 Å². The molecular weight excluding hydrogens is 1060 g/mol. The van der Waals surface area contributed by atoms with Crippen LogP contribution in [0.25, 0.3) is 12.2 Å². The highest BCUT2D eigenvalue weighted by Crippen LogP contribution is 2.42. The molecule has 28 nitrogen and oxygen atoms in total. The highest BCUT2D eigenvalue weighted by atomic mass is 16.8. The van der Waals surface area contributed by atoms with Gasteiger partial charge in [-0.2, -0.15) is 0 Å². The Kier molecular flexibility index (Phi) is 20.5. The number of hydrogen-bond acceptors (Lipinski definition) is 28. The second kappa shape index (κ2) is 26.8. The van der Waals surface area contributed by atoms with Gasteiger partial charge in [-0.15, -0.1) is 0 Å². The lowest BCUT2D eigenvalue weighted by Crippen LogP contribution is -2.69. The molecule has 13 N–H and O–H groups in total. The number of rotatable bonds is 20. The average Bonchev–Trinajstić information content (AvgIpc) is 3.70. The average molecular weight is 1120 g/mol. The maximum Gasteiger partial charge on any atom is 0.338 e. The largest absolute Gasteiger partial charge is 0.508 e. The van der Waals surface area contributed by atoms with Gasteiger partial charge in [-0.05, 0) is 59.7 Å². The van der Waals surface area contributed by atoms with Crippen molar-refractivity contribution in [1.82, 2.24) is 0 Å². The number of aromatic hydroxyl groups is 3. The number of aliphatic hydroxyl groups excluding tert-OH is 10. The summed E-state index contributed by atoms with van der Waals surface area (Å²) in [6.45, 7) is -4.23. The Morgan fingerprint density at radius 3 is 1.75 bits per heavy atom. The molecule has 4 aliphatic heterocycles. The Morgan fingerprint density at radius 2 is 1.13 bits per heavy atom. The van der Waals surface area contributed by atoms with Gasteiger partial charge in [0.2, 0.25) is 5.79 Å². The summed E-state index contributed by atoms with van der Waals surface area (Å²) in [5.41, 5.74) is 0.407. The monoisotopic (exact) mass is 1120 g/mol. The Balaban J connectivity index is 1.36. The smallest absolute Gasteiger partial charge is 0.338 e. The van der Waals surface area contributed by atoms with E-state index in [0.717, 1.165) is 37.3 Å². The van der Waals surface area contributed by atoms with Gasteiger partial charge < -0.3 is 118 Å². The first kappa shape index (κ1) is 60.4. The summed E-state index contributed by atoms with van der Waals surface area (Å²) < 4.78 is 65.0. The van der Waals surface area contributed by atoms with Crippen LogP contribution in [-0.4, -0.2) is 240 Å². The van der Waals surface area contributed by atoms with E-state index in [1.165, 1.54) is 60.7 Å². The van der Waals surface area contributed by atoms with Crippen molar-refractivity contribution < 1.29 is 138 Å². The molecule has 28 heteroatoms. The highest BCUT2D eigenvalue weighted by molar-refractivity contribution is 5.90. The molecule has 0 radical (unpaired) electrons. The summed E-state index contributed by atoms with van der Waals surface area (Å²) in [6.07, 6.45) is -33.5. The number of carbonyl (C=O) groups excluding carboxylic acids is 4. The zero-order chi connectivity index (χ0) is 57.3. The van der Waals surface area contributed by atoms with E-state index in [4.69, 9.17) is 52.1 Å². The van der Waals surface area contributed by atoms with Crippen LogP contribution in [0.1, 0.15) is 28.4 Å². The molecule has 0 aliphatic carbocycles. The third-order valence-electron chi connectivity index (χ3n) is 12.9. The van der Waals surface area contributed by atoms with Crippen molar-refractivity contribution in [3.63, 3.8) is 0 Å². The minimum atomic E-state index is -2.92. The number of esters is 4. The summed E-state index contributed by atoms with van der Waals surface area (Å²) in [5.74, 6) is -8.53. The maximum atomic E-state index is 13.9. The van der Waals surface area contributed by atoms with Crippen LogP contribution in [0.5, 0.6) is 17.2 Å². The van der Waals surface area contributed by atoms with Crippen LogP contribution in [0.4, 0.5) is 0 Å².